The molecule has 4 heteroatoms. The molecule has 0 aliphatic heterocycles. The van der Waals surface area contributed by atoms with Crippen molar-refractivity contribution in [1.82, 2.24) is 0 Å². The fraction of sp³-hybridized carbons (Fsp3) is 0.250. The monoisotopic (exact) mass is 230 g/mol. The first-order valence-corrected chi connectivity index (χ1v) is 4.64. The van der Waals surface area contributed by atoms with Gasteiger partial charge in [0.25, 0.3) is 0 Å². The number of anilines is 1. The number of rotatable bonds is 3. The normalized spacial score (nSPS) is 9.58. The lowest BCUT2D eigenvalue weighted by Crippen LogP contribution is -2.10. The van der Waals surface area contributed by atoms with Crippen LogP contribution in [-0.4, -0.2) is 7.11 Å². The van der Waals surface area contributed by atoms with Crippen LogP contribution in [0.1, 0.15) is 5.56 Å². The molecular formula is C8H11BrN2O. The molecule has 0 atom stereocenters. The molecule has 0 unspecified atom stereocenters. The number of ether oxygens (including phenoxy) is 1. The van der Waals surface area contributed by atoms with Crippen molar-refractivity contribution in [2.75, 3.05) is 12.5 Å². The molecule has 0 aliphatic rings. The highest BCUT2D eigenvalue weighted by Crippen LogP contribution is 2.28. The van der Waals surface area contributed by atoms with Crippen LogP contribution in [0.4, 0.5) is 5.69 Å². The van der Waals surface area contributed by atoms with Crippen molar-refractivity contribution in [3.8, 4) is 5.75 Å². The highest BCUT2D eigenvalue weighted by Gasteiger charge is 2.05. The van der Waals surface area contributed by atoms with Crippen LogP contribution in [0.25, 0.3) is 0 Å². The van der Waals surface area contributed by atoms with Gasteiger partial charge in [0.05, 0.1) is 12.8 Å². The minimum atomic E-state index is 0.754. The van der Waals surface area contributed by atoms with Gasteiger partial charge in [0.2, 0.25) is 0 Å². The van der Waals surface area contributed by atoms with Crippen molar-refractivity contribution < 1.29 is 4.74 Å². The molecule has 3 nitrogen and oxygen atoms in total. The Hall–Kier alpha value is -0.740. The fourth-order valence-electron chi connectivity index (χ4n) is 1.02. The second-order valence-corrected chi connectivity index (χ2v) is 2.83. The molecule has 0 spiro atoms. The summed E-state index contributed by atoms with van der Waals surface area (Å²) >= 11 is 3.36. The molecule has 66 valence electrons. The number of hydrogen-bond acceptors (Lipinski definition) is 3. The molecule has 0 aliphatic carbocycles. The SMILES string of the molecule is COc1cccc(CBr)c1NN. The van der Waals surface area contributed by atoms with Gasteiger partial charge in [-0.15, -0.1) is 0 Å². The highest BCUT2D eigenvalue weighted by molar-refractivity contribution is 9.08. The molecule has 1 aromatic rings. The Balaban J connectivity index is 3.13. The zero-order chi connectivity index (χ0) is 8.97. The maximum atomic E-state index is 5.35. The van der Waals surface area contributed by atoms with E-state index in [-0.39, 0.29) is 0 Å². The minimum Gasteiger partial charge on any atom is -0.495 e. The number of benzene rings is 1. The van der Waals surface area contributed by atoms with E-state index in [4.69, 9.17) is 10.6 Å². The standard InChI is InChI=1S/C8H11BrN2O/c1-12-7-4-2-3-6(5-9)8(7)11-10/h2-4,11H,5,10H2,1H3. The largest absolute Gasteiger partial charge is 0.495 e. The van der Waals surface area contributed by atoms with Crippen LogP contribution >= 0.6 is 15.9 Å². The number of alkyl halides is 1. The number of methoxy groups -OCH3 is 1. The average Bonchev–Trinajstić information content (AvgIpc) is 2.16. The van der Waals surface area contributed by atoms with Crippen LogP contribution in [0.5, 0.6) is 5.75 Å². The minimum absolute atomic E-state index is 0.754. The van der Waals surface area contributed by atoms with Gasteiger partial charge in [0.15, 0.2) is 0 Å². The van der Waals surface area contributed by atoms with Gasteiger partial charge in [-0.05, 0) is 11.6 Å². The van der Waals surface area contributed by atoms with Crippen LogP contribution < -0.4 is 16.0 Å². The molecule has 0 bridgehead atoms. The Labute approximate surface area is 80.0 Å². The molecule has 3 N–H and O–H groups in total. The molecule has 0 saturated heterocycles. The predicted molar refractivity (Wildman–Crippen MR) is 53.4 cm³/mol. The average molecular weight is 231 g/mol. The third-order valence-electron chi connectivity index (χ3n) is 1.62. The molecule has 0 saturated carbocycles. The summed E-state index contributed by atoms with van der Waals surface area (Å²) in [6, 6.07) is 5.77. The first-order valence-electron chi connectivity index (χ1n) is 3.52. The highest BCUT2D eigenvalue weighted by atomic mass is 79.9. The summed E-state index contributed by atoms with van der Waals surface area (Å²) in [6.07, 6.45) is 0. The maximum Gasteiger partial charge on any atom is 0.143 e. The third kappa shape index (κ3) is 1.70. The van der Waals surface area contributed by atoms with Crippen molar-refractivity contribution in [2.45, 2.75) is 5.33 Å². The Morgan fingerprint density at radius 2 is 2.33 bits per heavy atom. The zero-order valence-corrected chi connectivity index (χ0v) is 8.39. The van der Waals surface area contributed by atoms with Crippen LogP contribution in [0.15, 0.2) is 18.2 Å². The van der Waals surface area contributed by atoms with E-state index in [9.17, 15) is 0 Å². The van der Waals surface area contributed by atoms with E-state index < -0.39 is 0 Å². The number of nitrogen functional groups attached to an aromatic ring is 1. The van der Waals surface area contributed by atoms with E-state index in [1.807, 2.05) is 18.2 Å². The molecule has 1 aromatic carbocycles. The summed E-state index contributed by atoms with van der Waals surface area (Å²) in [7, 11) is 1.62. The van der Waals surface area contributed by atoms with Crippen LogP contribution in [0.3, 0.4) is 0 Å². The summed E-state index contributed by atoms with van der Waals surface area (Å²) < 4.78 is 5.12. The Morgan fingerprint density at radius 3 is 2.83 bits per heavy atom. The first kappa shape index (κ1) is 9.35. The van der Waals surface area contributed by atoms with Crippen molar-refractivity contribution in [3.05, 3.63) is 23.8 Å². The maximum absolute atomic E-state index is 5.35. The summed E-state index contributed by atoms with van der Waals surface area (Å²) in [6.45, 7) is 0. The quantitative estimate of drug-likeness (QED) is 0.474. The predicted octanol–water partition coefficient (Wildman–Crippen LogP) is 1.88. The lowest BCUT2D eigenvalue weighted by Gasteiger charge is -2.10. The lowest BCUT2D eigenvalue weighted by atomic mass is 10.2. The van der Waals surface area contributed by atoms with Gasteiger partial charge in [0.1, 0.15) is 5.75 Å². The van der Waals surface area contributed by atoms with E-state index >= 15 is 0 Å². The van der Waals surface area contributed by atoms with Crippen molar-refractivity contribution in [3.63, 3.8) is 0 Å². The lowest BCUT2D eigenvalue weighted by molar-refractivity contribution is 0.416. The molecule has 0 radical (unpaired) electrons. The molecule has 12 heavy (non-hydrogen) atoms. The first-order chi connectivity index (χ1) is 5.83. The van der Waals surface area contributed by atoms with E-state index in [1.54, 1.807) is 7.11 Å². The summed E-state index contributed by atoms with van der Waals surface area (Å²) in [5.74, 6) is 6.11. The molecule has 0 fully saturated rings. The van der Waals surface area contributed by atoms with E-state index in [0.29, 0.717) is 0 Å². The van der Waals surface area contributed by atoms with Gasteiger partial charge >= 0.3 is 0 Å². The number of hydrazine groups is 1. The topological polar surface area (TPSA) is 47.3 Å². The summed E-state index contributed by atoms with van der Waals surface area (Å²) in [5, 5.41) is 0.754. The number of hydrogen-bond donors (Lipinski definition) is 2. The fourth-order valence-corrected chi connectivity index (χ4v) is 1.49. The number of para-hydroxylation sites is 1. The van der Waals surface area contributed by atoms with Crippen molar-refractivity contribution in [1.29, 1.82) is 0 Å². The number of halogens is 1. The van der Waals surface area contributed by atoms with E-state index in [2.05, 4.69) is 21.4 Å². The molecule has 0 amide bonds. The molecular weight excluding hydrogens is 220 g/mol. The second-order valence-electron chi connectivity index (χ2n) is 2.27. The molecule has 0 heterocycles. The van der Waals surface area contributed by atoms with Gasteiger partial charge < -0.3 is 10.2 Å². The van der Waals surface area contributed by atoms with Crippen LogP contribution in [0.2, 0.25) is 0 Å². The van der Waals surface area contributed by atoms with Gasteiger partial charge in [-0.25, -0.2) is 0 Å². The summed E-state index contributed by atoms with van der Waals surface area (Å²) in [5.41, 5.74) is 4.52. The van der Waals surface area contributed by atoms with Crippen LogP contribution in [-0.2, 0) is 5.33 Å². The Morgan fingerprint density at radius 1 is 1.58 bits per heavy atom. The van der Waals surface area contributed by atoms with E-state index in [0.717, 1.165) is 22.3 Å². The zero-order valence-electron chi connectivity index (χ0n) is 6.80. The van der Waals surface area contributed by atoms with Gasteiger partial charge in [-0.3, -0.25) is 5.84 Å². The smallest absolute Gasteiger partial charge is 0.143 e. The summed E-state index contributed by atoms with van der Waals surface area (Å²) in [4.78, 5) is 0. The third-order valence-corrected chi connectivity index (χ3v) is 2.22. The van der Waals surface area contributed by atoms with Crippen molar-refractivity contribution in [2.24, 2.45) is 5.84 Å². The van der Waals surface area contributed by atoms with Crippen LogP contribution in [0, 0.1) is 0 Å². The van der Waals surface area contributed by atoms with E-state index in [1.165, 1.54) is 0 Å². The Kier molecular flexibility index (Phi) is 3.37. The number of nitrogens with two attached hydrogens (primary N) is 1. The van der Waals surface area contributed by atoms with Gasteiger partial charge in [-0.2, -0.15) is 0 Å². The molecule has 0 aromatic heterocycles. The van der Waals surface area contributed by atoms with Gasteiger partial charge in [-0.1, -0.05) is 28.1 Å². The molecule has 1 rings (SSSR count). The van der Waals surface area contributed by atoms with Gasteiger partial charge in [0, 0.05) is 5.33 Å². The second kappa shape index (κ2) is 4.33. The van der Waals surface area contributed by atoms with Crippen molar-refractivity contribution >= 4 is 21.6 Å². The number of nitrogens with one attached hydrogen (secondary N) is 1. The Bertz CT molecular complexity index is 243.